The second-order valence-electron chi connectivity index (χ2n) is 5.21. The summed E-state index contributed by atoms with van der Waals surface area (Å²) in [6.07, 6.45) is 3.10. The highest BCUT2D eigenvalue weighted by atomic mass is 32.1. The van der Waals surface area contributed by atoms with E-state index < -0.39 is 0 Å². The third kappa shape index (κ3) is 2.58. The number of hydrogen-bond donors (Lipinski definition) is 1. The number of nitrogens with zero attached hydrogens (tertiary/aromatic N) is 2. The van der Waals surface area contributed by atoms with Crippen molar-refractivity contribution in [2.24, 2.45) is 0 Å². The highest BCUT2D eigenvalue weighted by Gasteiger charge is 2.20. The number of fused-ring (bicyclic) bond motifs is 1. The molecule has 1 aromatic carbocycles. The lowest BCUT2D eigenvalue weighted by Crippen LogP contribution is -2.30. The maximum atomic E-state index is 9.47. The fraction of sp³-hybridized carbons (Fsp3) is 0.438. The van der Waals surface area contributed by atoms with Crippen LogP contribution >= 0.6 is 11.3 Å². The minimum absolute atomic E-state index is 0.109. The van der Waals surface area contributed by atoms with Gasteiger partial charge in [-0.15, -0.1) is 0 Å². The number of aryl methyl sites for hydroxylation is 1. The van der Waals surface area contributed by atoms with Gasteiger partial charge in [0.25, 0.3) is 0 Å². The summed E-state index contributed by atoms with van der Waals surface area (Å²) >= 11 is 1.65. The van der Waals surface area contributed by atoms with Crippen LogP contribution in [0.25, 0.3) is 0 Å². The van der Waals surface area contributed by atoms with Crippen molar-refractivity contribution in [1.82, 2.24) is 4.98 Å². The Kier molecular flexibility index (Phi) is 4.03. The van der Waals surface area contributed by atoms with Crippen LogP contribution in [0.3, 0.4) is 0 Å². The summed E-state index contributed by atoms with van der Waals surface area (Å²) in [4.78, 5) is 8.12. The first kappa shape index (κ1) is 13.6. The Morgan fingerprint density at radius 3 is 2.85 bits per heavy atom. The van der Waals surface area contributed by atoms with Gasteiger partial charge in [-0.25, -0.2) is 4.98 Å². The van der Waals surface area contributed by atoms with E-state index in [4.69, 9.17) is 4.98 Å². The van der Waals surface area contributed by atoms with E-state index in [0.717, 1.165) is 48.1 Å². The van der Waals surface area contributed by atoms with Gasteiger partial charge in [0.2, 0.25) is 0 Å². The van der Waals surface area contributed by atoms with Gasteiger partial charge < -0.3 is 10.0 Å². The van der Waals surface area contributed by atoms with Gasteiger partial charge in [0, 0.05) is 13.1 Å². The first-order valence-electron chi connectivity index (χ1n) is 7.23. The fourth-order valence-corrected chi connectivity index (χ4v) is 3.71. The quantitative estimate of drug-likeness (QED) is 0.939. The number of thiazole rings is 1. The van der Waals surface area contributed by atoms with E-state index in [-0.39, 0.29) is 6.61 Å². The summed E-state index contributed by atoms with van der Waals surface area (Å²) in [5, 5.41) is 10.5. The van der Waals surface area contributed by atoms with Crippen molar-refractivity contribution in [1.29, 1.82) is 0 Å². The van der Waals surface area contributed by atoms with Gasteiger partial charge in [0.05, 0.1) is 17.2 Å². The highest BCUT2D eigenvalue weighted by molar-refractivity contribution is 7.15. The highest BCUT2D eigenvalue weighted by Crippen LogP contribution is 2.31. The molecule has 3 nitrogen and oxygen atoms in total. The summed E-state index contributed by atoms with van der Waals surface area (Å²) in [5.41, 5.74) is 3.93. The minimum atomic E-state index is 0.109. The summed E-state index contributed by atoms with van der Waals surface area (Å²) in [6, 6.07) is 8.64. The summed E-state index contributed by atoms with van der Waals surface area (Å²) in [5.74, 6) is 0. The van der Waals surface area contributed by atoms with Crippen LogP contribution in [0.5, 0.6) is 0 Å². The van der Waals surface area contributed by atoms with Crippen LogP contribution in [0.15, 0.2) is 24.3 Å². The molecular weight excluding hydrogens is 268 g/mol. The lowest BCUT2D eigenvalue weighted by Gasteiger charge is -2.28. The molecule has 0 aliphatic carbocycles. The molecular formula is C16H20N2OS. The Hall–Kier alpha value is -1.39. The molecule has 1 N–H and O–H groups in total. The van der Waals surface area contributed by atoms with E-state index in [9.17, 15) is 5.11 Å². The second-order valence-corrected chi connectivity index (χ2v) is 6.28. The van der Waals surface area contributed by atoms with E-state index >= 15 is 0 Å². The Morgan fingerprint density at radius 2 is 2.10 bits per heavy atom. The first-order chi connectivity index (χ1) is 9.81. The molecule has 4 heteroatoms. The molecule has 0 saturated carbocycles. The molecule has 1 aliphatic rings. The largest absolute Gasteiger partial charge is 0.391 e. The Bertz CT molecular complexity index is 594. The maximum Gasteiger partial charge on any atom is 0.186 e. The predicted octanol–water partition coefficient (Wildman–Crippen LogP) is 3.15. The summed E-state index contributed by atoms with van der Waals surface area (Å²) in [7, 11) is 0. The molecule has 0 unspecified atom stereocenters. The van der Waals surface area contributed by atoms with Gasteiger partial charge in [-0.05, 0) is 24.0 Å². The third-order valence-corrected chi connectivity index (χ3v) is 4.94. The standard InChI is InChI=1S/C16H20N2OS/c1-2-5-14-15(11-19)20-16(17-14)18-9-8-12-6-3-4-7-13(12)10-18/h3-4,6-7,19H,2,5,8-11H2,1H3. The Labute approximate surface area is 123 Å². The molecule has 106 valence electrons. The molecule has 2 heterocycles. The second kappa shape index (κ2) is 5.94. The smallest absolute Gasteiger partial charge is 0.186 e. The lowest BCUT2D eigenvalue weighted by atomic mass is 10.0. The van der Waals surface area contributed by atoms with Crippen LogP contribution in [0, 0.1) is 0 Å². The summed E-state index contributed by atoms with van der Waals surface area (Å²) < 4.78 is 0. The molecule has 20 heavy (non-hydrogen) atoms. The van der Waals surface area contributed by atoms with Crippen LogP contribution < -0.4 is 4.90 Å². The van der Waals surface area contributed by atoms with Crippen LogP contribution in [0.4, 0.5) is 5.13 Å². The van der Waals surface area contributed by atoms with Crippen LogP contribution in [0.2, 0.25) is 0 Å². The van der Waals surface area contributed by atoms with E-state index in [2.05, 4.69) is 36.1 Å². The van der Waals surface area contributed by atoms with Crippen molar-refractivity contribution in [2.45, 2.75) is 39.3 Å². The van der Waals surface area contributed by atoms with Gasteiger partial charge in [0.15, 0.2) is 5.13 Å². The van der Waals surface area contributed by atoms with Gasteiger partial charge in [-0.1, -0.05) is 48.9 Å². The minimum Gasteiger partial charge on any atom is -0.391 e. The number of aliphatic hydroxyl groups excluding tert-OH is 1. The number of benzene rings is 1. The fourth-order valence-electron chi connectivity index (χ4n) is 2.72. The average Bonchev–Trinajstić information content (AvgIpc) is 2.90. The van der Waals surface area contributed by atoms with E-state index in [1.807, 2.05) is 0 Å². The number of rotatable bonds is 4. The number of hydrogen-bond acceptors (Lipinski definition) is 4. The van der Waals surface area contributed by atoms with Gasteiger partial charge in [-0.3, -0.25) is 0 Å². The molecule has 0 spiro atoms. The normalized spacial score (nSPS) is 14.4. The third-order valence-electron chi connectivity index (χ3n) is 3.80. The zero-order chi connectivity index (χ0) is 13.9. The molecule has 2 aromatic rings. The number of aliphatic hydroxyl groups is 1. The molecule has 0 saturated heterocycles. The predicted molar refractivity (Wildman–Crippen MR) is 83.2 cm³/mol. The summed E-state index contributed by atoms with van der Waals surface area (Å²) in [6.45, 7) is 4.20. The van der Waals surface area contributed by atoms with Crippen molar-refractivity contribution in [3.8, 4) is 0 Å². The average molecular weight is 288 g/mol. The van der Waals surface area contributed by atoms with Crippen molar-refractivity contribution in [2.75, 3.05) is 11.4 Å². The molecule has 3 rings (SSSR count). The van der Waals surface area contributed by atoms with Crippen molar-refractivity contribution in [3.05, 3.63) is 46.0 Å². The van der Waals surface area contributed by atoms with Gasteiger partial charge in [-0.2, -0.15) is 0 Å². The number of aromatic nitrogens is 1. The van der Waals surface area contributed by atoms with Crippen LogP contribution in [0.1, 0.15) is 35.0 Å². The molecule has 1 aliphatic heterocycles. The van der Waals surface area contributed by atoms with E-state index in [1.165, 1.54) is 11.1 Å². The molecule has 0 bridgehead atoms. The molecule has 1 aromatic heterocycles. The zero-order valence-corrected chi connectivity index (χ0v) is 12.6. The SMILES string of the molecule is CCCc1nc(N2CCc3ccccc3C2)sc1CO. The van der Waals surface area contributed by atoms with E-state index in [1.54, 1.807) is 11.3 Å². The van der Waals surface area contributed by atoms with Gasteiger partial charge in [0.1, 0.15) is 0 Å². The zero-order valence-electron chi connectivity index (χ0n) is 11.8. The Balaban J connectivity index is 1.84. The van der Waals surface area contributed by atoms with Crippen molar-refractivity contribution < 1.29 is 5.11 Å². The molecule has 0 atom stereocenters. The Morgan fingerprint density at radius 1 is 1.30 bits per heavy atom. The molecule has 0 radical (unpaired) electrons. The van der Waals surface area contributed by atoms with Crippen LogP contribution in [-0.4, -0.2) is 16.6 Å². The van der Waals surface area contributed by atoms with Crippen molar-refractivity contribution in [3.63, 3.8) is 0 Å². The number of anilines is 1. The molecule has 0 fully saturated rings. The van der Waals surface area contributed by atoms with E-state index in [0.29, 0.717) is 0 Å². The first-order valence-corrected chi connectivity index (χ1v) is 8.04. The van der Waals surface area contributed by atoms with Crippen molar-refractivity contribution >= 4 is 16.5 Å². The topological polar surface area (TPSA) is 36.4 Å². The van der Waals surface area contributed by atoms with Crippen LogP contribution in [-0.2, 0) is 26.0 Å². The van der Waals surface area contributed by atoms with Gasteiger partial charge >= 0.3 is 0 Å². The monoisotopic (exact) mass is 288 g/mol. The molecule has 0 amide bonds. The lowest BCUT2D eigenvalue weighted by molar-refractivity contribution is 0.284. The maximum absolute atomic E-state index is 9.47.